The number of hydrogen-bond donors (Lipinski definition) is 0. The first-order valence-corrected chi connectivity index (χ1v) is 8.70. The van der Waals surface area contributed by atoms with E-state index in [1.54, 1.807) is 0 Å². The molecular weight excluding hydrogens is 322 g/mol. The fraction of sp³-hybridized carbons (Fsp3) is 0.467. The molecule has 0 radical (unpaired) electrons. The lowest BCUT2D eigenvalue weighted by Gasteiger charge is -2.36. The first kappa shape index (κ1) is 15.6. The fourth-order valence-electron chi connectivity index (χ4n) is 2.74. The third kappa shape index (κ3) is 3.56. The Hall–Kier alpha value is -1.24. The average molecular weight is 340 g/mol. The van der Waals surface area contributed by atoms with Gasteiger partial charge in [0.05, 0.1) is 5.75 Å². The van der Waals surface area contributed by atoms with Crippen molar-refractivity contribution >= 4 is 40.2 Å². The smallest absolute Gasteiger partial charge is 0.288 e. The van der Waals surface area contributed by atoms with Gasteiger partial charge in [0.2, 0.25) is 5.91 Å². The Morgan fingerprint density at radius 3 is 2.50 bits per heavy atom. The molecule has 118 valence electrons. The van der Waals surface area contributed by atoms with Gasteiger partial charge in [0, 0.05) is 50.0 Å². The zero-order valence-electron chi connectivity index (χ0n) is 12.2. The minimum Gasteiger partial charge on any atom is -0.369 e. The number of anilines is 1. The minimum atomic E-state index is -0.109. The summed E-state index contributed by atoms with van der Waals surface area (Å²) < 4.78 is 0. The van der Waals surface area contributed by atoms with Gasteiger partial charge in [0.1, 0.15) is 0 Å². The zero-order valence-corrected chi connectivity index (χ0v) is 13.8. The van der Waals surface area contributed by atoms with E-state index < -0.39 is 0 Å². The van der Waals surface area contributed by atoms with E-state index in [1.807, 2.05) is 18.2 Å². The van der Waals surface area contributed by atoms with Crippen LogP contribution in [0.2, 0.25) is 5.02 Å². The third-order valence-corrected chi connectivity index (χ3v) is 5.12. The number of carbonyl (C=O) groups excluding carboxylic acids is 2. The second-order valence-corrected chi connectivity index (χ2v) is 6.77. The molecule has 2 fully saturated rings. The molecule has 2 aliphatic rings. The Labute approximate surface area is 139 Å². The summed E-state index contributed by atoms with van der Waals surface area (Å²) in [5, 5.41) is 0.644. The van der Waals surface area contributed by atoms with Crippen LogP contribution < -0.4 is 4.90 Å². The summed E-state index contributed by atoms with van der Waals surface area (Å²) in [5.41, 5.74) is 1.15. The molecule has 22 heavy (non-hydrogen) atoms. The molecule has 3 rings (SSSR count). The molecule has 0 spiro atoms. The van der Waals surface area contributed by atoms with Gasteiger partial charge in [0.25, 0.3) is 5.24 Å². The van der Waals surface area contributed by atoms with Gasteiger partial charge in [-0.1, -0.05) is 29.4 Å². The Kier molecular flexibility index (Phi) is 4.90. The van der Waals surface area contributed by atoms with Crippen LogP contribution in [0.15, 0.2) is 24.3 Å². The van der Waals surface area contributed by atoms with Crippen LogP contribution in [0.5, 0.6) is 0 Å². The van der Waals surface area contributed by atoms with Gasteiger partial charge in [0.15, 0.2) is 0 Å². The maximum absolute atomic E-state index is 11.6. The van der Waals surface area contributed by atoms with Crippen molar-refractivity contribution in [3.63, 3.8) is 0 Å². The largest absolute Gasteiger partial charge is 0.369 e. The SMILES string of the molecule is O=C1CSC(=O)N1CCN1CCN(c2cccc(Cl)c2)CC1. The maximum atomic E-state index is 11.6. The molecule has 1 aromatic carbocycles. The Balaban J connectivity index is 1.48. The maximum Gasteiger partial charge on any atom is 0.288 e. The van der Waals surface area contributed by atoms with E-state index in [4.69, 9.17) is 11.6 Å². The normalized spacial score (nSPS) is 20.0. The first-order chi connectivity index (χ1) is 10.6. The number of piperazine rings is 1. The lowest BCUT2D eigenvalue weighted by atomic mass is 10.2. The quantitative estimate of drug-likeness (QED) is 0.841. The average Bonchev–Trinajstić information content (AvgIpc) is 2.84. The summed E-state index contributed by atoms with van der Waals surface area (Å²) in [6.45, 7) is 4.96. The molecule has 2 aliphatic heterocycles. The monoisotopic (exact) mass is 339 g/mol. The summed E-state index contributed by atoms with van der Waals surface area (Å²) in [6.07, 6.45) is 0. The van der Waals surface area contributed by atoms with Crippen LogP contribution in [0, 0.1) is 0 Å². The number of hydrogen-bond acceptors (Lipinski definition) is 5. The van der Waals surface area contributed by atoms with Crippen molar-refractivity contribution in [1.29, 1.82) is 0 Å². The van der Waals surface area contributed by atoms with Crippen molar-refractivity contribution in [1.82, 2.24) is 9.80 Å². The predicted octanol–water partition coefficient (Wildman–Crippen LogP) is 2.16. The van der Waals surface area contributed by atoms with E-state index in [0.717, 1.165) is 55.2 Å². The van der Waals surface area contributed by atoms with Crippen LogP contribution in [0.1, 0.15) is 0 Å². The summed E-state index contributed by atoms with van der Waals surface area (Å²) in [6, 6.07) is 7.89. The van der Waals surface area contributed by atoms with Crippen molar-refractivity contribution in [3.05, 3.63) is 29.3 Å². The molecule has 7 heteroatoms. The van der Waals surface area contributed by atoms with Gasteiger partial charge in [-0.15, -0.1) is 0 Å². The summed E-state index contributed by atoms with van der Waals surface area (Å²) in [7, 11) is 0. The number of carbonyl (C=O) groups is 2. The van der Waals surface area contributed by atoms with Gasteiger partial charge in [-0.3, -0.25) is 19.4 Å². The topological polar surface area (TPSA) is 43.9 Å². The second-order valence-electron chi connectivity index (χ2n) is 5.41. The van der Waals surface area contributed by atoms with E-state index in [0.29, 0.717) is 12.3 Å². The van der Waals surface area contributed by atoms with Crippen LogP contribution in [-0.4, -0.2) is 66.0 Å². The number of halogens is 1. The standard InChI is InChI=1S/C15H18ClN3O2S/c16-12-2-1-3-13(10-12)18-7-4-17(5-8-18)6-9-19-14(20)11-22-15(19)21/h1-3,10H,4-9,11H2. The molecule has 0 aliphatic carbocycles. The summed E-state index contributed by atoms with van der Waals surface area (Å²) >= 11 is 7.13. The van der Waals surface area contributed by atoms with Crippen molar-refractivity contribution in [2.45, 2.75) is 0 Å². The molecule has 0 N–H and O–H groups in total. The second kappa shape index (κ2) is 6.89. The highest BCUT2D eigenvalue weighted by atomic mass is 35.5. The Morgan fingerprint density at radius 2 is 1.86 bits per heavy atom. The van der Waals surface area contributed by atoms with E-state index in [2.05, 4.69) is 15.9 Å². The molecule has 0 atom stereocenters. The lowest BCUT2D eigenvalue weighted by Crippen LogP contribution is -2.49. The van der Waals surface area contributed by atoms with Crippen molar-refractivity contribution in [3.8, 4) is 0 Å². The molecule has 2 heterocycles. The molecule has 5 nitrogen and oxygen atoms in total. The van der Waals surface area contributed by atoms with E-state index in [1.165, 1.54) is 4.90 Å². The highest BCUT2D eigenvalue weighted by Gasteiger charge is 2.30. The molecule has 2 amide bonds. The van der Waals surface area contributed by atoms with E-state index in [9.17, 15) is 9.59 Å². The lowest BCUT2D eigenvalue weighted by molar-refractivity contribution is -0.124. The molecule has 0 aromatic heterocycles. The van der Waals surface area contributed by atoms with Gasteiger partial charge >= 0.3 is 0 Å². The highest BCUT2D eigenvalue weighted by Crippen LogP contribution is 2.21. The van der Waals surface area contributed by atoms with Gasteiger partial charge in [-0.25, -0.2) is 0 Å². The van der Waals surface area contributed by atoms with Crippen LogP contribution in [-0.2, 0) is 4.79 Å². The van der Waals surface area contributed by atoms with Gasteiger partial charge in [-0.05, 0) is 18.2 Å². The molecule has 1 aromatic rings. The van der Waals surface area contributed by atoms with E-state index in [-0.39, 0.29) is 11.1 Å². The molecular formula is C15H18ClN3O2S. The number of rotatable bonds is 4. The molecule has 0 saturated carbocycles. The van der Waals surface area contributed by atoms with Gasteiger partial charge < -0.3 is 4.90 Å². The highest BCUT2D eigenvalue weighted by molar-refractivity contribution is 8.14. The van der Waals surface area contributed by atoms with Crippen molar-refractivity contribution < 1.29 is 9.59 Å². The number of thioether (sulfide) groups is 1. The summed E-state index contributed by atoms with van der Waals surface area (Å²) in [5.74, 6) is 0.231. The Bertz CT molecular complexity index is 560. The van der Waals surface area contributed by atoms with E-state index >= 15 is 0 Å². The number of nitrogens with zero attached hydrogens (tertiary/aromatic N) is 3. The first-order valence-electron chi connectivity index (χ1n) is 7.33. The fourth-order valence-corrected chi connectivity index (χ4v) is 3.68. The molecule has 0 bridgehead atoms. The number of amides is 2. The van der Waals surface area contributed by atoms with Crippen LogP contribution in [0.3, 0.4) is 0 Å². The Morgan fingerprint density at radius 1 is 1.09 bits per heavy atom. The third-order valence-electron chi connectivity index (χ3n) is 4.03. The molecule has 2 saturated heterocycles. The van der Waals surface area contributed by atoms with Crippen molar-refractivity contribution in [2.75, 3.05) is 49.9 Å². The number of imide groups is 1. The number of benzene rings is 1. The predicted molar refractivity (Wildman–Crippen MR) is 89.7 cm³/mol. The van der Waals surface area contributed by atoms with Gasteiger partial charge in [-0.2, -0.15) is 0 Å². The zero-order chi connectivity index (χ0) is 15.5. The van der Waals surface area contributed by atoms with Crippen LogP contribution in [0.4, 0.5) is 10.5 Å². The van der Waals surface area contributed by atoms with Crippen LogP contribution >= 0.6 is 23.4 Å². The minimum absolute atomic E-state index is 0.0624. The molecule has 0 unspecified atom stereocenters. The van der Waals surface area contributed by atoms with Crippen LogP contribution in [0.25, 0.3) is 0 Å². The van der Waals surface area contributed by atoms with Crippen molar-refractivity contribution in [2.24, 2.45) is 0 Å². The summed E-state index contributed by atoms with van der Waals surface area (Å²) in [4.78, 5) is 29.1.